The molecule has 0 unspecified atom stereocenters. The number of aliphatic hydroxyl groups is 1. The zero-order valence-electron chi connectivity index (χ0n) is 21.8. The Morgan fingerprint density at radius 1 is 1.10 bits per heavy atom. The van der Waals surface area contributed by atoms with Crippen LogP contribution in [0.3, 0.4) is 0 Å². The maximum absolute atomic E-state index is 13.2. The molecule has 2 aromatic heterocycles. The highest BCUT2D eigenvalue weighted by Crippen LogP contribution is 2.37. The summed E-state index contributed by atoms with van der Waals surface area (Å²) in [5.41, 5.74) is 2.74. The normalized spacial score (nSPS) is 18.9. The largest absolute Gasteiger partial charge is 0.434 e. The van der Waals surface area contributed by atoms with Crippen LogP contribution in [-0.2, 0) is 11.3 Å². The lowest BCUT2D eigenvalue weighted by atomic mass is 10.0. The third-order valence-electron chi connectivity index (χ3n) is 7.71. The number of hydrogen-bond acceptors (Lipinski definition) is 7. The number of aromatic nitrogens is 4. The van der Waals surface area contributed by atoms with Crippen LogP contribution in [-0.4, -0.2) is 74.1 Å². The summed E-state index contributed by atoms with van der Waals surface area (Å²) in [5.74, 6) is 0.355. The van der Waals surface area contributed by atoms with Crippen LogP contribution >= 0.6 is 0 Å². The van der Waals surface area contributed by atoms with Crippen LogP contribution in [0.1, 0.15) is 24.9 Å². The second kappa shape index (κ2) is 10.3. The van der Waals surface area contributed by atoms with Gasteiger partial charge in [0.05, 0.1) is 16.9 Å². The van der Waals surface area contributed by atoms with E-state index in [2.05, 4.69) is 9.97 Å². The molecule has 1 N–H and O–H groups in total. The number of amides is 1. The van der Waals surface area contributed by atoms with E-state index in [-0.39, 0.29) is 29.3 Å². The van der Waals surface area contributed by atoms with Gasteiger partial charge in [-0.3, -0.25) is 14.3 Å². The minimum atomic E-state index is -2.95. The van der Waals surface area contributed by atoms with E-state index in [4.69, 9.17) is 4.74 Å². The lowest BCUT2D eigenvalue weighted by Gasteiger charge is -2.39. The van der Waals surface area contributed by atoms with Gasteiger partial charge in [-0.05, 0) is 37.1 Å². The molecule has 40 heavy (non-hydrogen) atoms. The van der Waals surface area contributed by atoms with E-state index in [1.54, 1.807) is 46.2 Å². The van der Waals surface area contributed by atoms with Crippen molar-refractivity contribution in [1.29, 1.82) is 0 Å². The molecule has 1 fully saturated rings. The maximum Gasteiger partial charge on any atom is 0.387 e. The van der Waals surface area contributed by atoms with Crippen LogP contribution in [0.4, 0.5) is 14.7 Å². The van der Waals surface area contributed by atoms with E-state index >= 15 is 0 Å². The monoisotopic (exact) mass is 550 g/mol. The highest BCUT2D eigenvalue weighted by Gasteiger charge is 2.31. The first-order chi connectivity index (χ1) is 19.4. The van der Waals surface area contributed by atoms with E-state index in [9.17, 15) is 23.5 Å². The van der Waals surface area contributed by atoms with Crippen LogP contribution < -0.4 is 15.2 Å². The molecule has 2 aliphatic heterocycles. The predicted octanol–water partition coefficient (Wildman–Crippen LogP) is 2.88. The Hall–Kier alpha value is -4.32. The molecule has 0 saturated carbocycles. The second-order valence-corrected chi connectivity index (χ2v) is 10.0. The Kier molecular flexibility index (Phi) is 6.70. The number of halogens is 2. The fraction of sp³-hybridized carbons (Fsp3) is 0.357. The molecule has 1 saturated heterocycles. The summed E-state index contributed by atoms with van der Waals surface area (Å²) in [5, 5.41) is 9.72. The smallest absolute Gasteiger partial charge is 0.387 e. The summed E-state index contributed by atoms with van der Waals surface area (Å²) in [7, 11) is 0. The van der Waals surface area contributed by atoms with Crippen molar-refractivity contribution >= 4 is 22.8 Å². The van der Waals surface area contributed by atoms with Gasteiger partial charge in [0, 0.05) is 55.7 Å². The van der Waals surface area contributed by atoms with Gasteiger partial charge in [0.2, 0.25) is 11.9 Å². The number of rotatable bonds is 6. The summed E-state index contributed by atoms with van der Waals surface area (Å²) in [6.07, 6.45) is 4.02. The predicted molar refractivity (Wildman–Crippen MR) is 144 cm³/mol. The highest BCUT2D eigenvalue weighted by molar-refractivity contribution is 5.85. The third-order valence-corrected chi connectivity index (χ3v) is 7.71. The quantitative estimate of drug-likeness (QED) is 0.394. The van der Waals surface area contributed by atoms with Gasteiger partial charge in [-0.15, -0.1) is 0 Å². The second-order valence-electron chi connectivity index (χ2n) is 10.0. The average molecular weight is 551 g/mol. The number of carbonyl (C=O) groups is 1. The highest BCUT2D eigenvalue weighted by atomic mass is 19.3. The number of para-hydroxylation sites is 1. The molecule has 1 amide bonds. The van der Waals surface area contributed by atoms with Crippen molar-refractivity contribution in [3.8, 4) is 16.9 Å². The molecule has 208 valence electrons. The van der Waals surface area contributed by atoms with Gasteiger partial charge < -0.3 is 19.6 Å². The van der Waals surface area contributed by atoms with E-state index in [0.717, 1.165) is 11.1 Å². The lowest BCUT2D eigenvalue weighted by molar-refractivity contribution is -0.136. The zero-order chi connectivity index (χ0) is 28.0. The maximum atomic E-state index is 13.2. The summed E-state index contributed by atoms with van der Waals surface area (Å²) >= 11 is 0. The Bertz CT molecular complexity index is 1620. The van der Waals surface area contributed by atoms with Gasteiger partial charge in [-0.25, -0.2) is 14.6 Å². The first kappa shape index (κ1) is 25.9. The molecule has 0 spiro atoms. The van der Waals surface area contributed by atoms with Crippen molar-refractivity contribution in [2.45, 2.75) is 38.6 Å². The van der Waals surface area contributed by atoms with Crippen molar-refractivity contribution in [2.75, 3.05) is 31.1 Å². The van der Waals surface area contributed by atoms with Crippen LogP contribution in [0.15, 0.2) is 59.7 Å². The van der Waals surface area contributed by atoms with Gasteiger partial charge in [-0.2, -0.15) is 8.78 Å². The number of ether oxygens (including phenoxy) is 1. The van der Waals surface area contributed by atoms with Gasteiger partial charge in [0.25, 0.3) is 5.56 Å². The number of aliphatic hydroxyl groups excluding tert-OH is 1. The van der Waals surface area contributed by atoms with Crippen LogP contribution in [0.2, 0.25) is 0 Å². The van der Waals surface area contributed by atoms with Crippen molar-refractivity contribution in [1.82, 2.24) is 24.2 Å². The van der Waals surface area contributed by atoms with Crippen LogP contribution in [0.25, 0.3) is 22.0 Å². The number of fused-ring (bicyclic) bond motifs is 3. The molecule has 10 nitrogen and oxygen atoms in total. The van der Waals surface area contributed by atoms with Gasteiger partial charge >= 0.3 is 6.61 Å². The molecule has 0 bridgehead atoms. The summed E-state index contributed by atoms with van der Waals surface area (Å²) < 4.78 is 34.5. The molecular formula is C28H28F2N6O4. The molecule has 2 aromatic carbocycles. The number of hydrogen-bond donors (Lipinski definition) is 1. The third kappa shape index (κ3) is 4.47. The molecule has 2 aliphatic rings. The molecule has 6 rings (SSSR count). The van der Waals surface area contributed by atoms with Crippen molar-refractivity contribution in [3.05, 3.63) is 70.8 Å². The van der Waals surface area contributed by atoms with Crippen LogP contribution in [0, 0.1) is 0 Å². The molecule has 12 heteroatoms. The molecule has 4 heterocycles. The van der Waals surface area contributed by atoms with Crippen molar-refractivity contribution in [3.63, 3.8) is 0 Å². The minimum Gasteiger partial charge on any atom is -0.434 e. The van der Waals surface area contributed by atoms with E-state index in [0.29, 0.717) is 55.0 Å². The Morgan fingerprint density at radius 3 is 2.60 bits per heavy atom. The average Bonchev–Trinajstić information content (AvgIpc) is 3.52. The van der Waals surface area contributed by atoms with Gasteiger partial charge in [0.1, 0.15) is 12.4 Å². The van der Waals surface area contributed by atoms with E-state index in [1.165, 1.54) is 6.07 Å². The Balaban J connectivity index is 1.30. The standard InChI is InChI=1S/C28H28F2N6O4/c1-17-15-33(10-11-34(17)25(38)16-37)28-31-13-19(14-32-28)18-6-7-21-23(12-18)36-22(8-9-35(36)26(21)39)20-4-2-3-5-24(20)40-27(29)30/h2-7,12-14,17,22,27,37H,8-11,15-16H2,1H3/t17-,22-/m1/s1. The van der Waals surface area contributed by atoms with E-state index in [1.807, 2.05) is 28.6 Å². The zero-order valence-corrected chi connectivity index (χ0v) is 21.8. The molecule has 0 aliphatic carbocycles. The van der Waals surface area contributed by atoms with Gasteiger partial charge in [-0.1, -0.05) is 24.3 Å². The van der Waals surface area contributed by atoms with Crippen molar-refractivity contribution in [2.24, 2.45) is 0 Å². The fourth-order valence-corrected chi connectivity index (χ4v) is 5.84. The lowest BCUT2D eigenvalue weighted by Crippen LogP contribution is -2.55. The fourth-order valence-electron chi connectivity index (χ4n) is 5.84. The van der Waals surface area contributed by atoms with Crippen molar-refractivity contribution < 1.29 is 23.4 Å². The first-order valence-corrected chi connectivity index (χ1v) is 13.1. The summed E-state index contributed by atoms with van der Waals surface area (Å²) in [4.78, 5) is 37.9. The number of alkyl halides is 2. The Labute approximate surface area is 228 Å². The molecule has 2 atom stereocenters. The minimum absolute atomic E-state index is 0.0847. The number of piperazine rings is 1. The molecule has 0 radical (unpaired) electrons. The number of anilines is 1. The Morgan fingerprint density at radius 2 is 1.88 bits per heavy atom. The molecular weight excluding hydrogens is 522 g/mol. The SMILES string of the molecule is C[C@@H]1CN(c2ncc(-c3ccc4c(=O)n5n(c4c3)[C@@H](c3ccccc3OC(F)F)CC5)cn2)CCN1C(=O)CO. The summed E-state index contributed by atoms with van der Waals surface area (Å²) in [6.45, 7) is 0.512. The first-order valence-electron chi connectivity index (χ1n) is 13.1. The van der Waals surface area contributed by atoms with E-state index < -0.39 is 13.2 Å². The number of benzene rings is 2. The number of carbonyl (C=O) groups excluding carboxylic acids is 1. The topological polar surface area (TPSA) is 106 Å². The van der Waals surface area contributed by atoms with Gasteiger partial charge in [0.15, 0.2) is 0 Å². The van der Waals surface area contributed by atoms with Crippen LogP contribution in [0.5, 0.6) is 5.75 Å². The summed E-state index contributed by atoms with van der Waals surface area (Å²) in [6, 6.07) is 11.8. The number of nitrogens with zero attached hydrogens (tertiary/aromatic N) is 6. The molecule has 4 aromatic rings.